The van der Waals surface area contributed by atoms with Crippen molar-refractivity contribution in [2.75, 3.05) is 31.2 Å². The van der Waals surface area contributed by atoms with Gasteiger partial charge in [-0.3, -0.25) is 4.79 Å². The summed E-state index contributed by atoms with van der Waals surface area (Å²) in [5.41, 5.74) is 1.62. The predicted molar refractivity (Wildman–Crippen MR) is 79.2 cm³/mol. The molecule has 0 radical (unpaired) electrons. The van der Waals surface area contributed by atoms with Crippen molar-refractivity contribution in [3.05, 3.63) is 29.8 Å². The molecule has 110 valence electrons. The summed E-state index contributed by atoms with van der Waals surface area (Å²) in [6, 6.07) is 8.26. The maximum absolute atomic E-state index is 11.7. The monoisotopic (exact) mass is 277 g/mol. The van der Waals surface area contributed by atoms with E-state index in [1.54, 1.807) is 0 Å². The Morgan fingerprint density at radius 3 is 2.40 bits per heavy atom. The van der Waals surface area contributed by atoms with Gasteiger partial charge in [0.2, 0.25) is 0 Å². The van der Waals surface area contributed by atoms with Crippen LogP contribution in [0.25, 0.3) is 0 Å². The first kappa shape index (κ1) is 14.9. The molecule has 0 aromatic heterocycles. The molecule has 0 bridgehead atoms. The molecular weight excluding hydrogens is 254 g/mol. The van der Waals surface area contributed by atoms with E-state index in [0.717, 1.165) is 12.2 Å². The molecule has 0 saturated carbocycles. The Balaban J connectivity index is 2.18. The third kappa shape index (κ3) is 3.12. The molecule has 1 fully saturated rings. The van der Waals surface area contributed by atoms with Gasteiger partial charge in [-0.2, -0.15) is 0 Å². The van der Waals surface area contributed by atoms with E-state index in [1.807, 2.05) is 0 Å². The maximum Gasteiger partial charge on any atom is 0.311 e. The Labute approximate surface area is 120 Å². The zero-order valence-corrected chi connectivity index (χ0v) is 12.3. The molecule has 0 atom stereocenters. The number of hydrogen-bond acceptors (Lipinski definition) is 3. The fraction of sp³-hybridized carbons (Fsp3) is 0.562. The van der Waals surface area contributed by atoms with E-state index < -0.39 is 11.4 Å². The Kier molecular flexibility index (Phi) is 4.65. The van der Waals surface area contributed by atoms with E-state index in [0.29, 0.717) is 32.6 Å². The number of carboxylic acids is 1. The van der Waals surface area contributed by atoms with Gasteiger partial charge in [0.1, 0.15) is 0 Å². The molecule has 0 aliphatic carbocycles. The van der Waals surface area contributed by atoms with Crippen LogP contribution in [0.15, 0.2) is 24.3 Å². The second kappa shape index (κ2) is 6.27. The summed E-state index contributed by atoms with van der Waals surface area (Å²) in [5, 5.41) is 9.64. The lowest BCUT2D eigenvalue weighted by atomic mass is 9.79. The quantitative estimate of drug-likeness (QED) is 0.899. The average Bonchev–Trinajstić information content (AvgIpc) is 2.47. The number of carbonyl (C=O) groups is 1. The second-order valence-electron chi connectivity index (χ2n) is 5.55. The molecule has 4 nitrogen and oxygen atoms in total. The smallest absolute Gasteiger partial charge is 0.311 e. The highest BCUT2D eigenvalue weighted by atomic mass is 16.5. The van der Waals surface area contributed by atoms with Gasteiger partial charge in [0, 0.05) is 32.0 Å². The minimum atomic E-state index is -0.702. The number of hydrogen-bond donors (Lipinski definition) is 1. The van der Waals surface area contributed by atoms with Gasteiger partial charge in [-0.15, -0.1) is 0 Å². The van der Waals surface area contributed by atoms with Gasteiger partial charge in [-0.1, -0.05) is 17.7 Å². The van der Waals surface area contributed by atoms with Crippen LogP contribution in [0.2, 0.25) is 0 Å². The summed E-state index contributed by atoms with van der Waals surface area (Å²) in [4.78, 5) is 13.9. The number of aliphatic carboxylic acids is 1. The number of aryl methyl sites for hydroxylation is 1. The highest BCUT2D eigenvalue weighted by molar-refractivity contribution is 5.76. The highest BCUT2D eigenvalue weighted by Crippen LogP contribution is 2.33. The van der Waals surface area contributed by atoms with Crippen molar-refractivity contribution in [2.45, 2.75) is 26.7 Å². The lowest BCUT2D eigenvalue weighted by molar-refractivity contribution is -0.154. The summed E-state index contributed by atoms with van der Waals surface area (Å²) in [7, 11) is 0. The molecule has 20 heavy (non-hydrogen) atoms. The van der Waals surface area contributed by atoms with Gasteiger partial charge >= 0.3 is 5.97 Å². The summed E-state index contributed by atoms with van der Waals surface area (Å²) in [6.07, 6.45) is 1.18. The summed E-state index contributed by atoms with van der Waals surface area (Å²) in [5.74, 6) is -0.702. The topological polar surface area (TPSA) is 49.8 Å². The lowest BCUT2D eigenvalue weighted by Crippen LogP contribution is -2.46. The van der Waals surface area contributed by atoms with Crippen LogP contribution in [-0.4, -0.2) is 37.4 Å². The number of rotatable bonds is 5. The van der Waals surface area contributed by atoms with Gasteiger partial charge in [0.25, 0.3) is 0 Å². The van der Waals surface area contributed by atoms with E-state index in [4.69, 9.17) is 4.74 Å². The van der Waals surface area contributed by atoms with E-state index in [-0.39, 0.29) is 0 Å². The van der Waals surface area contributed by atoms with Crippen LogP contribution >= 0.6 is 0 Å². The molecule has 0 amide bonds. The van der Waals surface area contributed by atoms with E-state index in [9.17, 15) is 9.90 Å². The molecule has 1 aliphatic rings. The zero-order valence-electron chi connectivity index (χ0n) is 12.3. The van der Waals surface area contributed by atoms with Gasteiger partial charge in [0.05, 0.1) is 5.41 Å². The van der Waals surface area contributed by atoms with Crippen LogP contribution in [0.5, 0.6) is 0 Å². The fourth-order valence-electron chi connectivity index (χ4n) is 2.71. The standard InChI is InChI=1S/C16H23NO3/c1-3-17(14-6-4-13(2)5-7-14)12-16(15(18)19)8-10-20-11-9-16/h4-7H,3,8-12H2,1-2H3,(H,18,19). The molecule has 1 aliphatic heterocycles. The predicted octanol–water partition coefficient (Wildman–Crippen LogP) is 2.70. The van der Waals surface area contributed by atoms with Crippen molar-refractivity contribution in [1.82, 2.24) is 0 Å². The van der Waals surface area contributed by atoms with Crippen LogP contribution in [-0.2, 0) is 9.53 Å². The molecule has 1 saturated heterocycles. The van der Waals surface area contributed by atoms with Crippen molar-refractivity contribution >= 4 is 11.7 Å². The maximum atomic E-state index is 11.7. The first-order chi connectivity index (χ1) is 9.57. The second-order valence-corrected chi connectivity index (χ2v) is 5.55. The third-order valence-corrected chi connectivity index (χ3v) is 4.18. The Hall–Kier alpha value is -1.55. The van der Waals surface area contributed by atoms with E-state index in [1.165, 1.54) is 5.56 Å². The number of benzene rings is 1. The van der Waals surface area contributed by atoms with Crippen LogP contribution in [0, 0.1) is 12.3 Å². The first-order valence-electron chi connectivity index (χ1n) is 7.20. The van der Waals surface area contributed by atoms with Crippen molar-refractivity contribution in [3.63, 3.8) is 0 Å². The SMILES string of the molecule is CCN(CC1(C(=O)O)CCOCC1)c1ccc(C)cc1. The van der Waals surface area contributed by atoms with Crippen molar-refractivity contribution in [2.24, 2.45) is 5.41 Å². The molecule has 1 N–H and O–H groups in total. The molecular formula is C16H23NO3. The Morgan fingerprint density at radius 2 is 1.90 bits per heavy atom. The molecule has 0 spiro atoms. The number of nitrogens with zero attached hydrogens (tertiary/aromatic N) is 1. The average molecular weight is 277 g/mol. The lowest BCUT2D eigenvalue weighted by Gasteiger charge is -2.38. The number of anilines is 1. The van der Waals surface area contributed by atoms with E-state index in [2.05, 4.69) is 43.0 Å². The fourth-order valence-corrected chi connectivity index (χ4v) is 2.71. The molecule has 0 unspecified atom stereocenters. The van der Waals surface area contributed by atoms with Crippen molar-refractivity contribution in [3.8, 4) is 0 Å². The highest BCUT2D eigenvalue weighted by Gasteiger charge is 2.41. The molecule has 4 heteroatoms. The van der Waals surface area contributed by atoms with Gasteiger partial charge in [0.15, 0.2) is 0 Å². The Morgan fingerprint density at radius 1 is 1.30 bits per heavy atom. The van der Waals surface area contributed by atoms with Crippen LogP contribution in [0.1, 0.15) is 25.3 Å². The summed E-state index contributed by atoms with van der Waals surface area (Å²) < 4.78 is 5.33. The van der Waals surface area contributed by atoms with Crippen LogP contribution in [0.4, 0.5) is 5.69 Å². The molecule has 1 aromatic carbocycles. The minimum absolute atomic E-state index is 0.539. The molecule has 1 aromatic rings. The summed E-state index contributed by atoms with van der Waals surface area (Å²) >= 11 is 0. The van der Waals surface area contributed by atoms with Crippen molar-refractivity contribution in [1.29, 1.82) is 0 Å². The van der Waals surface area contributed by atoms with Gasteiger partial charge in [-0.25, -0.2) is 0 Å². The zero-order chi connectivity index (χ0) is 14.6. The third-order valence-electron chi connectivity index (χ3n) is 4.18. The van der Waals surface area contributed by atoms with E-state index >= 15 is 0 Å². The molecule has 1 heterocycles. The number of ether oxygens (including phenoxy) is 1. The minimum Gasteiger partial charge on any atom is -0.481 e. The van der Waals surface area contributed by atoms with Crippen molar-refractivity contribution < 1.29 is 14.6 Å². The normalized spacial score (nSPS) is 17.7. The summed E-state index contributed by atoms with van der Waals surface area (Å²) in [6.45, 7) is 6.55. The van der Waals surface area contributed by atoms with Gasteiger partial charge < -0.3 is 14.7 Å². The molecule has 2 rings (SSSR count). The largest absolute Gasteiger partial charge is 0.481 e. The van der Waals surface area contributed by atoms with Gasteiger partial charge in [-0.05, 0) is 38.8 Å². The Bertz CT molecular complexity index is 449. The number of carboxylic acid groups (broad SMARTS) is 1. The van der Waals surface area contributed by atoms with Crippen LogP contribution in [0.3, 0.4) is 0 Å². The van der Waals surface area contributed by atoms with Crippen LogP contribution < -0.4 is 4.90 Å². The first-order valence-corrected chi connectivity index (χ1v) is 7.20.